The van der Waals surface area contributed by atoms with E-state index in [2.05, 4.69) is 10.2 Å². The molecule has 1 saturated heterocycles. The van der Waals surface area contributed by atoms with Gasteiger partial charge in [0.25, 0.3) is 5.91 Å². The number of carboxylic acid groups (broad SMARTS) is 1. The van der Waals surface area contributed by atoms with Crippen LogP contribution in [0.1, 0.15) is 15.9 Å². The molecule has 0 spiro atoms. The maximum atomic E-state index is 12.7. The molecule has 0 unspecified atom stereocenters. The zero-order valence-corrected chi connectivity index (χ0v) is 18.6. The minimum absolute atomic E-state index is 0.00113. The van der Waals surface area contributed by atoms with Gasteiger partial charge < -0.3 is 14.7 Å². The van der Waals surface area contributed by atoms with E-state index in [1.165, 1.54) is 0 Å². The summed E-state index contributed by atoms with van der Waals surface area (Å²) in [6, 6.07) is 14.4. The first-order valence-electron chi connectivity index (χ1n) is 10.5. The Morgan fingerprint density at radius 3 is 2.33 bits per heavy atom. The maximum Gasteiger partial charge on any atom is 0.317 e. The number of nitrogens with zero attached hydrogens (tertiary/aromatic N) is 4. The molecule has 170 valence electrons. The molecule has 1 N–H and O–H groups in total. The first-order valence-corrected chi connectivity index (χ1v) is 10.9. The van der Waals surface area contributed by atoms with E-state index in [0.717, 1.165) is 11.1 Å². The van der Waals surface area contributed by atoms with Gasteiger partial charge in [0, 0.05) is 42.8 Å². The number of piperazine rings is 1. The largest absolute Gasteiger partial charge is 0.480 e. The minimum Gasteiger partial charge on any atom is -0.480 e. The van der Waals surface area contributed by atoms with E-state index in [-0.39, 0.29) is 12.5 Å². The molecule has 2 aromatic carbocycles. The SMILES string of the molecule is O=C(O)CN1CCN(C(=O)c2ccc(N=NC3=CC(c4ccc(Cl)cc4)=CCO3)cc2)CC1. The van der Waals surface area contributed by atoms with Gasteiger partial charge in [-0.25, -0.2) is 0 Å². The van der Waals surface area contributed by atoms with Crippen LogP contribution in [0.5, 0.6) is 0 Å². The van der Waals surface area contributed by atoms with Gasteiger partial charge in [0.05, 0.1) is 12.2 Å². The van der Waals surface area contributed by atoms with Crippen molar-refractivity contribution in [3.05, 3.63) is 82.7 Å². The van der Waals surface area contributed by atoms with Crippen LogP contribution in [0, 0.1) is 0 Å². The van der Waals surface area contributed by atoms with Gasteiger partial charge in [-0.15, -0.1) is 10.2 Å². The van der Waals surface area contributed by atoms with Crippen LogP contribution in [-0.2, 0) is 9.53 Å². The van der Waals surface area contributed by atoms with Gasteiger partial charge >= 0.3 is 5.97 Å². The summed E-state index contributed by atoms with van der Waals surface area (Å²) in [5.41, 5.74) is 3.16. The van der Waals surface area contributed by atoms with E-state index < -0.39 is 5.97 Å². The fraction of sp³-hybridized carbons (Fsp3) is 0.250. The first kappa shape index (κ1) is 22.7. The summed E-state index contributed by atoms with van der Waals surface area (Å²) in [6.07, 6.45) is 3.78. The summed E-state index contributed by atoms with van der Waals surface area (Å²) in [6.45, 7) is 2.50. The molecule has 0 aliphatic carbocycles. The van der Waals surface area contributed by atoms with Crippen molar-refractivity contribution in [2.24, 2.45) is 10.2 Å². The molecule has 0 bridgehead atoms. The Balaban J connectivity index is 1.35. The topological polar surface area (TPSA) is 94.8 Å². The molecule has 9 heteroatoms. The highest BCUT2D eigenvalue weighted by atomic mass is 35.5. The summed E-state index contributed by atoms with van der Waals surface area (Å²) in [5, 5.41) is 18.0. The fourth-order valence-electron chi connectivity index (χ4n) is 3.61. The zero-order valence-electron chi connectivity index (χ0n) is 17.9. The molecule has 0 saturated carbocycles. The molecular formula is C24H23ClN4O4. The summed E-state index contributed by atoms with van der Waals surface area (Å²) in [5.74, 6) is -0.530. The van der Waals surface area contributed by atoms with Crippen LogP contribution in [0.25, 0.3) is 5.57 Å². The average Bonchev–Trinajstić information content (AvgIpc) is 2.83. The monoisotopic (exact) mass is 466 g/mol. The Labute approximate surface area is 196 Å². The van der Waals surface area contributed by atoms with Crippen LogP contribution < -0.4 is 0 Å². The van der Waals surface area contributed by atoms with Crippen LogP contribution in [0.3, 0.4) is 0 Å². The number of allylic oxidation sites excluding steroid dienone is 2. The Kier molecular flexibility index (Phi) is 7.16. The van der Waals surface area contributed by atoms with E-state index in [9.17, 15) is 9.59 Å². The predicted molar refractivity (Wildman–Crippen MR) is 124 cm³/mol. The van der Waals surface area contributed by atoms with Crippen LogP contribution in [-0.4, -0.2) is 66.1 Å². The van der Waals surface area contributed by atoms with Gasteiger partial charge in [-0.2, -0.15) is 0 Å². The lowest BCUT2D eigenvalue weighted by Gasteiger charge is -2.33. The van der Waals surface area contributed by atoms with E-state index >= 15 is 0 Å². The van der Waals surface area contributed by atoms with Gasteiger partial charge in [0.2, 0.25) is 5.88 Å². The van der Waals surface area contributed by atoms with E-state index in [1.54, 1.807) is 29.2 Å². The van der Waals surface area contributed by atoms with Gasteiger partial charge in [0.1, 0.15) is 6.61 Å². The molecular weight excluding hydrogens is 444 g/mol. The normalized spacial score (nSPS) is 16.8. The van der Waals surface area contributed by atoms with E-state index in [0.29, 0.717) is 54.9 Å². The number of rotatable bonds is 6. The number of hydrogen-bond acceptors (Lipinski definition) is 6. The highest BCUT2D eigenvalue weighted by Crippen LogP contribution is 2.25. The Hall–Kier alpha value is -3.49. The number of carboxylic acids is 1. The predicted octanol–water partition coefficient (Wildman–Crippen LogP) is 4.22. The third-order valence-corrected chi connectivity index (χ3v) is 5.64. The molecule has 8 nitrogen and oxygen atoms in total. The standard InChI is InChI=1S/C24H23ClN4O4/c25-20-5-1-17(2-6-20)19-9-14-33-22(15-19)27-26-21-7-3-18(4-8-21)24(32)29-12-10-28(11-13-29)16-23(30)31/h1-9,15H,10-14,16H2,(H,30,31). The summed E-state index contributed by atoms with van der Waals surface area (Å²) >= 11 is 5.96. The van der Waals surface area contributed by atoms with E-state index in [4.69, 9.17) is 21.4 Å². The van der Waals surface area contributed by atoms with Crippen molar-refractivity contribution in [1.29, 1.82) is 0 Å². The summed E-state index contributed by atoms with van der Waals surface area (Å²) in [7, 11) is 0. The number of benzene rings is 2. The Morgan fingerprint density at radius 2 is 1.67 bits per heavy atom. The maximum absolute atomic E-state index is 12.7. The van der Waals surface area contributed by atoms with Crippen LogP contribution in [0.2, 0.25) is 5.02 Å². The van der Waals surface area contributed by atoms with Gasteiger partial charge in [-0.1, -0.05) is 23.7 Å². The molecule has 0 aromatic heterocycles. The van der Waals surface area contributed by atoms with Crippen molar-refractivity contribution < 1.29 is 19.4 Å². The number of aliphatic carboxylic acids is 1. The van der Waals surface area contributed by atoms with Gasteiger partial charge in [0.15, 0.2) is 0 Å². The smallest absolute Gasteiger partial charge is 0.317 e. The summed E-state index contributed by atoms with van der Waals surface area (Å²) < 4.78 is 5.55. The lowest BCUT2D eigenvalue weighted by atomic mass is 10.0. The average molecular weight is 467 g/mol. The molecule has 33 heavy (non-hydrogen) atoms. The van der Waals surface area contributed by atoms with Crippen LogP contribution in [0.4, 0.5) is 5.69 Å². The number of ether oxygens (including phenoxy) is 1. The van der Waals surface area contributed by atoms with E-state index in [1.807, 2.05) is 41.3 Å². The van der Waals surface area contributed by atoms with Crippen molar-refractivity contribution in [3.8, 4) is 0 Å². The van der Waals surface area contributed by atoms with Crippen molar-refractivity contribution in [2.75, 3.05) is 39.3 Å². The Morgan fingerprint density at radius 1 is 0.970 bits per heavy atom. The molecule has 2 aromatic rings. The molecule has 2 aliphatic heterocycles. The minimum atomic E-state index is -0.855. The molecule has 4 rings (SSSR count). The second-order valence-corrected chi connectivity index (χ2v) is 8.11. The lowest BCUT2D eigenvalue weighted by molar-refractivity contribution is -0.138. The zero-order chi connectivity index (χ0) is 23.2. The molecule has 0 radical (unpaired) electrons. The molecule has 1 fully saturated rings. The number of amides is 1. The molecule has 0 atom stereocenters. The number of hydrogen-bond donors (Lipinski definition) is 1. The third-order valence-electron chi connectivity index (χ3n) is 5.39. The number of azo groups is 1. The first-order chi connectivity index (χ1) is 16.0. The van der Waals surface area contributed by atoms with Gasteiger partial charge in [-0.05, 0) is 53.6 Å². The molecule has 2 aliphatic rings. The second-order valence-electron chi connectivity index (χ2n) is 7.67. The van der Waals surface area contributed by atoms with Crippen molar-refractivity contribution in [2.45, 2.75) is 0 Å². The van der Waals surface area contributed by atoms with Crippen molar-refractivity contribution >= 4 is 34.7 Å². The van der Waals surface area contributed by atoms with Crippen LogP contribution in [0.15, 0.2) is 76.8 Å². The third kappa shape index (κ3) is 6.06. The van der Waals surface area contributed by atoms with Crippen molar-refractivity contribution in [1.82, 2.24) is 9.80 Å². The highest BCUT2D eigenvalue weighted by Gasteiger charge is 2.23. The molecule has 1 amide bonds. The second kappa shape index (κ2) is 10.4. The number of carbonyl (C=O) groups excluding carboxylic acids is 1. The van der Waals surface area contributed by atoms with Crippen molar-refractivity contribution in [3.63, 3.8) is 0 Å². The Bertz CT molecular complexity index is 1100. The quantitative estimate of drug-likeness (QED) is 0.643. The highest BCUT2D eigenvalue weighted by molar-refractivity contribution is 6.30. The van der Waals surface area contributed by atoms with Gasteiger partial charge in [-0.3, -0.25) is 14.5 Å². The number of halogens is 1. The molecule has 2 heterocycles. The number of carbonyl (C=O) groups is 2. The lowest BCUT2D eigenvalue weighted by Crippen LogP contribution is -2.49. The fourth-order valence-corrected chi connectivity index (χ4v) is 3.74. The van der Waals surface area contributed by atoms with Crippen LogP contribution >= 0.6 is 11.6 Å². The summed E-state index contributed by atoms with van der Waals surface area (Å²) in [4.78, 5) is 27.1.